The molecule has 114 valence electrons. The van der Waals surface area contributed by atoms with Crippen molar-refractivity contribution in [2.24, 2.45) is 0 Å². The first-order valence-corrected chi connectivity index (χ1v) is 5.36. The molecule has 0 radical (unpaired) electrons. The minimum Gasteiger partial charge on any atom is -0.394 e. The lowest BCUT2D eigenvalue weighted by Gasteiger charge is -2.16. The van der Waals surface area contributed by atoms with E-state index in [0.29, 0.717) is 6.29 Å². The highest BCUT2D eigenvalue weighted by atomic mass is 16.4. The van der Waals surface area contributed by atoms with Crippen LogP contribution in [0.4, 0.5) is 0 Å². The fourth-order valence-corrected chi connectivity index (χ4v) is 0.793. The van der Waals surface area contributed by atoms with Crippen molar-refractivity contribution in [2.75, 3.05) is 13.2 Å². The second kappa shape index (κ2) is 12.1. The fourth-order valence-electron chi connectivity index (χ4n) is 0.793. The minimum atomic E-state index is -1.64. The molecule has 0 aliphatic carbocycles. The summed E-state index contributed by atoms with van der Waals surface area (Å²) in [4.78, 5) is 19.4. The second-order valence-corrected chi connectivity index (χ2v) is 3.59. The number of aliphatic hydroxyl groups is 7. The molecule has 0 spiro atoms. The number of aliphatic hydroxyl groups excluding tert-OH is 7. The molecule has 0 aliphatic rings. The van der Waals surface area contributed by atoms with Crippen LogP contribution >= 0.6 is 0 Å². The molecule has 0 heterocycles. The lowest BCUT2D eigenvalue weighted by molar-refractivity contribution is -0.127. The van der Waals surface area contributed by atoms with Gasteiger partial charge in [-0.2, -0.15) is 0 Å². The Morgan fingerprint density at radius 3 is 1.58 bits per heavy atom. The molecule has 0 aromatic carbocycles. The van der Waals surface area contributed by atoms with Gasteiger partial charge in [0.25, 0.3) is 0 Å². The van der Waals surface area contributed by atoms with E-state index >= 15 is 0 Å². The first-order chi connectivity index (χ1) is 8.85. The Bertz CT molecular complexity index is 235. The number of rotatable bonds is 8. The SMILES string of the molecule is O=CC(O)C(O)C(O)CO.O=CC[C@H](O)[C@H](O)CO. The van der Waals surface area contributed by atoms with Crippen LogP contribution in [0.2, 0.25) is 0 Å². The van der Waals surface area contributed by atoms with Crippen molar-refractivity contribution in [3.8, 4) is 0 Å². The van der Waals surface area contributed by atoms with Crippen molar-refractivity contribution in [1.82, 2.24) is 0 Å². The molecule has 7 N–H and O–H groups in total. The van der Waals surface area contributed by atoms with Gasteiger partial charge in [-0.15, -0.1) is 0 Å². The largest absolute Gasteiger partial charge is 0.394 e. The molecule has 0 amide bonds. The van der Waals surface area contributed by atoms with E-state index in [4.69, 9.17) is 35.7 Å². The van der Waals surface area contributed by atoms with Crippen LogP contribution in [0.15, 0.2) is 0 Å². The standard InChI is InChI=1S/C5H10O5.C5H10O4/c6-1-3(8)5(10)4(9)2-7;6-2-1-4(8)5(9)3-7/h1,3-5,7-10H,2H2;2,4-5,7-9H,1,3H2/t;4-,5+/m.0/s1. The van der Waals surface area contributed by atoms with E-state index in [9.17, 15) is 9.59 Å². The molecule has 9 nitrogen and oxygen atoms in total. The van der Waals surface area contributed by atoms with E-state index in [-0.39, 0.29) is 12.7 Å². The molecule has 0 bridgehead atoms. The molecule has 0 aromatic rings. The fraction of sp³-hybridized carbons (Fsp3) is 0.800. The predicted molar refractivity (Wildman–Crippen MR) is 61.0 cm³/mol. The molecule has 0 aromatic heterocycles. The highest BCUT2D eigenvalue weighted by Crippen LogP contribution is 1.96. The minimum absolute atomic E-state index is 0.0869. The van der Waals surface area contributed by atoms with E-state index in [1.807, 2.05) is 0 Å². The monoisotopic (exact) mass is 284 g/mol. The first kappa shape index (κ1) is 20.4. The smallest absolute Gasteiger partial charge is 0.151 e. The molecule has 0 rings (SSSR count). The summed E-state index contributed by atoms with van der Waals surface area (Å²) in [5, 5.41) is 59.5. The second-order valence-electron chi connectivity index (χ2n) is 3.59. The Balaban J connectivity index is 0. The van der Waals surface area contributed by atoms with Crippen molar-refractivity contribution in [2.45, 2.75) is 36.9 Å². The summed E-state index contributed by atoms with van der Waals surface area (Å²) in [5.74, 6) is 0. The third kappa shape index (κ3) is 9.62. The van der Waals surface area contributed by atoms with Crippen LogP contribution < -0.4 is 0 Å². The van der Waals surface area contributed by atoms with Gasteiger partial charge in [-0.1, -0.05) is 0 Å². The van der Waals surface area contributed by atoms with Gasteiger partial charge in [-0.3, -0.25) is 0 Å². The van der Waals surface area contributed by atoms with Crippen LogP contribution in [0.25, 0.3) is 0 Å². The van der Waals surface area contributed by atoms with Crippen LogP contribution in [0.1, 0.15) is 6.42 Å². The molecular formula is C10H20O9. The normalized spacial score (nSPS) is 18.3. The summed E-state index contributed by atoms with van der Waals surface area (Å²) in [5.41, 5.74) is 0. The van der Waals surface area contributed by atoms with Gasteiger partial charge < -0.3 is 45.3 Å². The summed E-state index contributed by atoms with van der Waals surface area (Å²) >= 11 is 0. The lowest BCUT2D eigenvalue weighted by atomic mass is 10.1. The maximum absolute atomic E-state index is 9.76. The Labute approximate surface area is 109 Å². The Kier molecular flexibility index (Phi) is 13.0. The van der Waals surface area contributed by atoms with E-state index in [1.165, 1.54) is 0 Å². The highest BCUT2D eigenvalue weighted by molar-refractivity contribution is 5.56. The summed E-state index contributed by atoms with van der Waals surface area (Å²) < 4.78 is 0. The van der Waals surface area contributed by atoms with Gasteiger partial charge >= 0.3 is 0 Å². The molecule has 0 fully saturated rings. The number of hydrogen-bond acceptors (Lipinski definition) is 9. The van der Waals surface area contributed by atoms with Crippen LogP contribution in [0.5, 0.6) is 0 Å². The van der Waals surface area contributed by atoms with Crippen LogP contribution in [0, 0.1) is 0 Å². The topological polar surface area (TPSA) is 176 Å². The zero-order valence-corrected chi connectivity index (χ0v) is 10.1. The van der Waals surface area contributed by atoms with Crippen molar-refractivity contribution >= 4 is 12.6 Å². The average molecular weight is 284 g/mol. The van der Waals surface area contributed by atoms with Gasteiger partial charge in [-0.05, 0) is 0 Å². The zero-order chi connectivity index (χ0) is 15.4. The molecule has 0 saturated heterocycles. The number of aldehydes is 2. The molecule has 19 heavy (non-hydrogen) atoms. The molecule has 0 saturated carbocycles. The maximum atomic E-state index is 9.76. The van der Waals surface area contributed by atoms with Gasteiger partial charge in [0, 0.05) is 6.42 Å². The summed E-state index contributed by atoms with van der Waals surface area (Å²) in [6.45, 7) is -1.21. The summed E-state index contributed by atoms with van der Waals surface area (Å²) in [6.07, 6.45) is -6.61. The number of hydrogen-bond donors (Lipinski definition) is 7. The highest BCUT2D eigenvalue weighted by Gasteiger charge is 2.22. The molecule has 0 aliphatic heterocycles. The lowest BCUT2D eigenvalue weighted by Crippen LogP contribution is -2.40. The predicted octanol–water partition coefficient (Wildman–Crippen LogP) is -4.45. The third-order valence-electron chi connectivity index (χ3n) is 2.04. The summed E-state index contributed by atoms with van der Waals surface area (Å²) in [6, 6.07) is 0. The zero-order valence-electron chi connectivity index (χ0n) is 10.1. The molecular weight excluding hydrogens is 264 g/mol. The van der Waals surface area contributed by atoms with E-state index in [1.54, 1.807) is 0 Å². The van der Waals surface area contributed by atoms with Crippen molar-refractivity contribution in [3.63, 3.8) is 0 Å². The van der Waals surface area contributed by atoms with Crippen molar-refractivity contribution in [1.29, 1.82) is 0 Å². The molecule has 5 atom stereocenters. The van der Waals surface area contributed by atoms with Crippen LogP contribution in [-0.4, -0.2) is 92.1 Å². The molecule has 9 heteroatoms. The van der Waals surface area contributed by atoms with Gasteiger partial charge in [0.2, 0.25) is 0 Å². The Hall–Kier alpha value is -0.940. The van der Waals surface area contributed by atoms with E-state index < -0.39 is 43.7 Å². The maximum Gasteiger partial charge on any atom is 0.151 e. The Morgan fingerprint density at radius 2 is 1.26 bits per heavy atom. The van der Waals surface area contributed by atoms with Gasteiger partial charge in [0.1, 0.15) is 30.7 Å². The number of carbonyl (C=O) groups is 2. The van der Waals surface area contributed by atoms with Crippen LogP contribution in [-0.2, 0) is 9.59 Å². The van der Waals surface area contributed by atoms with Gasteiger partial charge in [0.05, 0.1) is 19.3 Å². The molecule has 3 unspecified atom stereocenters. The van der Waals surface area contributed by atoms with Crippen molar-refractivity contribution < 1.29 is 45.3 Å². The van der Waals surface area contributed by atoms with E-state index in [0.717, 1.165) is 0 Å². The van der Waals surface area contributed by atoms with Gasteiger partial charge in [-0.25, -0.2) is 0 Å². The summed E-state index contributed by atoms with van der Waals surface area (Å²) in [7, 11) is 0. The van der Waals surface area contributed by atoms with Crippen LogP contribution in [0.3, 0.4) is 0 Å². The average Bonchev–Trinajstić information content (AvgIpc) is 2.44. The van der Waals surface area contributed by atoms with Gasteiger partial charge in [0.15, 0.2) is 6.29 Å². The number of carbonyl (C=O) groups excluding carboxylic acids is 2. The first-order valence-electron chi connectivity index (χ1n) is 5.36. The Morgan fingerprint density at radius 1 is 0.789 bits per heavy atom. The third-order valence-corrected chi connectivity index (χ3v) is 2.04. The van der Waals surface area contributed by atoms with Crippen molar-refractivity contribution in [3.05, 3.63) is 0 Å². The quantitative estimate of drug-likeness (QED) is 0.217. The van der Waals surface area contributed by atoms with E-state index in [2.05, 4.69) is 0 Å².